The van der Waals surface area contributed by atoms with E-state index in [1.165, 1.54) is 17.6 Å². The van der Waals surface area contributed by atoms with Gasteiger partial charge in [0.2, 0.25) is 0 Å². The first kappa shape index (κ1) is 8.19. The quantitative estimate of drug-likeness (QED) is 0.708. The minimum atomic E-state index is -0.328. The van der Waals surface area contributed by atoms with Gasteiger partial charge in [-0.1, -0.05) is 0 Å². The van der Waals surface area contributed by atoms with E-state index < -0.39 is 0 Å². The number of halogens is 1. The highest BCUT2D eigenvalue weighted by Crippen LogP contribution is 2.23. The molecule has 0 aliphatic heterocycles. The summed E-state index contributed by atoms with van der Waals surface area (Å²) in [5.41, 5.74) is 7.00. The third kappa shape index (κ3) is 1.53. The van der Waals surface area contributed by atoms with E-state index in [9.17, 15) is 4.39 Å². The smallest absolute Gasteiger partial charge is 0.134 e. The predicted octanol–water partition coefficient (Wildman–Crippen LogP) is 2.53. The van der Waals surface area contributed by atoms with Gasteiger partial charge in [-0.2, -0.15) is 4.37 Å². The molecule has 1 aromatic heterocycles. The fourth-order valence-corrected chi connectivity index (χ4v) is 1.61. The molecule has 0 atom stereocenters. The molecule has 4 heteroatoms. The van der Waals surface area contributed by atoms with E-state index in [4.69, 9.17) is 5.73 Å². The van der Waals surface area contributed by atoms with Gasteiger partial charge in [-0.25, -0.2) is 4.39 Å². The van der Waals surface area contributed by atoms with Gasteiger partial charge in [-0.15, -0.1) is 0 Å². The van der Waals surface area contributed by atoms with E-state index in [2.05, 4.69) is 4.37 Å². The van der Waals surface area contributed by atoms with E-state index in [0.717, 1.165) is 0 Å². The van der Waals surface area contributed by atoms with E-state index in [-0.39, 0.29) is 5.82 Å². The third-order valence-corrected chi connectivity index (χ3v) is 2.27. The molecule has 1 aromatic carbocycles. The lowest BCUT2D eigenvalue weighted by molar-refractivity contribution is 0.631. The molecule has 0 aliphatic carbocycles. The van der Waals surface area contributed by atoms with Crippen LogP contribution in [0.3, 0.4) is 0 Å². The minimum Gasteiger partial charge on any atom is -0.399 e. The average Bonchev–Trinajstić information content (AvgIpc) is 2.56. The van der Waals surface area contributed by atoms with Crippen LogP contribution in [0.4, 0.5) is 10.1 Å². The standard InChI is InChI=1S/C9H7FN2S/c10-8-5-6(11)1-2-7(8)9-3-4-13-12-9/h1-5H,11H2. The normalized spacial score (nSPS) is 10.2. The number of hydrogen-bond acceptors (Lipinski definition) is 3. The average molecular weight is 194 g/mol. The van der Waals surface area contributed by atoms with Crippen molar-refractivity contribution in [3.63, 3.8) is 0 Å². The molecule has 0 aliphatic rings. The van der Waals surface area contributed by atoms with Gasteiger partial charge in [-0.05, 0) is 35.8 Å². The van der Waals surface area contributed by atoms with Crippen molar-refractivity contribution in [3.05, 3.63) is 35.5 Å². The first-order valence-electron chi connectivity index (χ1n) is 3.73. The number of hydrogen-bond donors (Lipinski definition) is 1. The Morgan fingerprint density at radius 1 is 1.31 bits per heavy atom. The summed E-state index contributed by atoms with van der Waals surface area (Å²) < 4.78 is 17.3. The van der Waals surface area contributed by atoms with Crippen LogP contribution < -0.4 is 5.73 Å². The first-order chi connectivity index (χ1) is 6.27. The zero-order valence-corrected chi connectivity index (χ0v) is 7.51. The van der Waals surface area contributed by atoms with Crippen LogP contribution in [-0.4, -0.2) is 4.37 Å². The molecular weight excluding hydrogens is 187 g/mol. The summed E-state index contributed by atoms with van der Waals surface area (Å²) in [6.07, 6.45) is 0. The Bertz CT molecular complexity index is 412. The maximum Gasteiger partial charge on any atom is 0.134 e. The maximum atomic E-state index is 13.3. The second-order valence-corrected chi connectivity index (χ2v) is 3.29. The Morgan fingerprint density at radius 2 is 2.15 bits per heavy atom. The Hall–Kier alpha value is -1.42. The summed E-state index contributed by atoms with van der Waals surface area (Å²) in [4.78, 5) is 0. The van der Waals surface area contributed by atoms with Gasteiger partial charge < -0.3 is 5.73 Å². The van der Waals surface area contributed by atoms with Gasteiger partial charge in [-0.3, -0.25) is 0 Å². The SMILES string of the molecule is Nc1ccc(-c2ccsn2)c(F)c1. The lowest BCUT2D eigenvalue weighted by Crippen LogP contribution is -1.88. The van der Waals surface area contributed by atoms with Crippen LogP contribution in [0.25, 0.3) is 11.3 Å². The molecule has 1 heterocycles. The highest BCUT2D eigenvalue weighted by molar-refractivity contribution is 7.03. The van der Waals surface area contributed by atoms with Crippen LogP contribution in [0, 0.1) is 5.82 Å². The van der Waals surface area contributed by atoms with E-state index >= 15 is 0 Å². The molecule has 2 N–H and O–H groups in total. The Labute approximate surface area is 79.0 Å². The molecule has 0 fully saturated rings. The molecule has 0 unspecified atom stereocenters. The lowest BCUT2D eigenvalue weighted by atomic mass is 10.1. The van der Waals surface area contributed by atoms with Crippen molar-refractivity contribution in [2.24, 2.45) is 0 Å². The van der Waals surface area contributed by atoms with Crippen LogP contribution in [0.2, 0.25) is 0 Å². The second kappa shape index (κ2) is 3.14. The molecule has 0 amide bonds. The highest BCUT2D eigenvalue weighted by Gasteiger charge is 2.06. The Kier molecular flexibility index (Phi) is 1.98. The van der Waals surface area contributed by atoms with Crippen molar-refractivity contribution < 1.29 is 4.39 Å². The fraction of sp³-hybridized carbons (Fsp3) is 0. The first-order valence-corrected chi connectivity index (χ1v) is 4.57. The van der Waals surface area contributed by atoms with Crippen molar-refractivity contribution in [1.29, 1.82) is 0 Å². The summed E-state index contributed by atoms with van der Waals surface area (Å²) >= 11 is 1.30. The van der Waals surface area contributed by atoms with E-state index in [1.807, 2.05) is 5.38 Å². The number of nitrogen functional groups attached to an aromatic ring is 1. The minimum absolute atomic E-state index is 0.328. The highest BCUT2D eigenvalue weighted by atomic mass is 32.1. The summed E-state index contributed by atoms with van der Waals surface area (Å²) in [5, 5.41) is 1.81. The molecule has 0 bridgehead atoms. The lowest BCUT2D eigenvalue weighted by Gasteiger charge is -1.99. The zero-order chi connectivity index (χ0) is 9.26. The van der Waals surface area contributed by atoms with Crippen molar-refractivity contribution in [3.8, 4) is 11.3 Å². The van der Waals surface area contributed by atoms with Gasteiger partial charge in [0.1, 0.15) is 5.82 Å². The van der Waals surface area contributed by atoms with Crippen LogP contribution in [0.1, 0.15) is 0 Å². The van der Waals surface area contributed by atoms with Gasteiger partial charge in [0.05, 0.1) is 5.69 Å². The molecule has 0 radical (unpaired) electrons. The zero-order valence-electron chi connectivity index (χ0n) is 6.70. The number of anilines is 1. The molecule has 2 aromatic rings. The summed E-state index contributed by atoms with van der Waals surface area (Å²) in [7, 11) is 0. The monoisotopic (exact) mass is 194 g/mol. The molecule has 13 heavy (non-hydrogen) atoms. The maximum absolute atomic E-state index is 13.3. The van der Waals surface area contributed by atoms with Gasteiger partial charge in [0, 0.05) is 16.6 Å². The van der Waals surface area contributed by atoms with Crippen molar-refractivity contribution in [1.82, 2.24) is 4.37 Å². The van der Waals surface area contributed by atoms with Gasteiger partial charge in [0.25, 0.3) is 0 Å². The molecular formula is C9H7FN2S. The molecule has 2 nitrogen and oxygen atoms in total. The number of rotatable bonds is 1. The number of nitrogens with zero attached hydrogens (tertiary/aromatic N) is 1. The van der Waals surface area contributed by atoms with Crippen molar-refractivity contribution in [2.45, 2.75) is 0 Å². The van der Waals surface area contributed by atoms with Crippen LogP contribution in [-0.2, 0) is 0 Å². The van der Waals surface area contributed by atoms with Crippen LogP contribution in [0.5, 0.6) is 0 Å². The van der Waals surface area contributed by atoms with E-state index in [0.29, 0.717) is 16.9 Å². The third-order valence-electron chi connectivity index (χ3n) is 1.71. The second-order valence-electron chi connectivity index (χ2n) is 2.62. The number of nitrogens with two attached hydrogens (primary N) is 1. The number of aromatic nitrogens is 1. The van der Waals surface area contributed by atoms with Gasteiger partial charge in [0.15, 0.2) is 0 Å². The predicted molar refractivity (Wildman–Crippen MR) is 51.9 cm³/mol. The largest absolute Gasteiger partial charge is 0.399 e. The molecule has 0 saturated carbocycles. The van der Waals surface area contributed by atoms with E-state index in [1.54, 1.807) is 18.2 Å². The Morgan fingerprint density at radius 3 is 2.77 bits per heavy atom. The summed E-state index contributed by atoms with van der Waals surface area (Å²) in [6, 6.07) is 6.38. The number of benzene rings is 1. The Balaban J connectivity index is 2.53. The van der Waals surface area contributed by atoms with Crippen molar-refractivity contribution in [2.75, 3.05) is 5.73 Å². The molecule has 0 saturated heterocycles. The van der Waals surface area contributed by atoms with Crippen LogP contribution >= 0.6 is 11.5 Å². The summed E-state index contributed by atoms with van der Waals surface area (Å²) in [5.74, 6) is -0.328. The molecule has 2 rings (SSSR count). The topological polar surface area (TPSA) is 38.9 Å². The van der Waals surface area contributed by atoms with Gasteiger partial charge >= 0.3 is 0 Å². The van der Waals surface area contributed by atoms with Crippen molar-refractivity contribution >= 4 is 17.2 Å². The molecule has 0 spiro atoms. The van der Waals surface area contributed by atoms with Crippen LogP contribution in [0.15, 0.2) is 29.6 Å². The molecule has 66 valence electrons. The fourth-order valence-electron chi connectivity index (χ4n) is 1.09. The summed E-state index contributed by atoms with van der Waals surface area (Å²) in [6.45, 7) is 0.